The topological polar surface area (TPSA) is 12.0 Å². The van der Waals surface area contributed by atoms with E-state index >= 15 is 0 Å². The van der Waals surface area contributed by atoms with Gasteiger partial charge in [-0.05, 0) is 22.3 Å². The normalized spacial score (nSPS) is 11.7. The van der Waals surface area contributed by atoms with Gasteiger partial charge in [-0.15, -0.1) is 11.4 Å². The second-order valence-corrected chi connectivity index (χ2v) is 41.2. The third-order valence-electron chi connectivity index (χ3n) is 6.00. The molecule has 12 heteroatoms. The first-order valence-electron chi connectivity index (χ1n) is 13.9. The minimum absolute atomic E-state index is 0.740. The van der Waals surface area contributed by atoms with Crippen LogP contribution < -0.4 is 5.32 Å². The fraction of sp³-hybridized carbons (Fsp3) is 0.219. The largest absolute Gasteiger partial charge is 0.370 e. The summed E-state index contributed by atoms with van der Waals surface area (Å²) in [4.78, 5) is 0.898. The number of hydrogen-bond donors (Lipinski definition) is 1. The molecule has 1 nitrogen and oxygen atoms in total. The molecule has 4 aromatic carbocycles. The molecule has 0 aliphatic carbocycles. The maximum Gasteiger partial charge on any atom is 0.111 e. The van der Waals surface area contributed by atoms with Gasteiger partial charge in [0.2, 0.25) is 0 Å². The maximum atomic E-state index is 6.34. The summed E-state index contributed by atoms with van der Waals surface area (Å²) in [7, 11) is 0. The van der Waals surface area contributed by atoms with Gasteiger partial charge in [0.05, 0.1) is 10.9 Å². The molecule has 0 spiro atoms. The van der Waals surface area contributed by atoms with Crippen molar-refractivity contribution in [3.63, 3.8) is 0 Å². The molecule has 0 aliphatic heterocycles. The van der Waals surface area contributed by atoms with E-state index in [2.05, 4.69) is 127 Å². The molecule has 0 aromatic heterocycles. The van der Waals surface area contributed by atoms with E-state index in [1.165, 1.54) is 22.3 Å². The molecule has 4 rings (SSSR count). The van der Waals surface area contributed by atoms with E-state index in [4.69, 9.17) is 35.8 Å². The van der Waals surface area contributed by atoms with Gasteiger partial charge < -0.3 is 5.32 Å². The summed E-state index contributed by atoms with van der Waals surface area (Å²) in [5, 5.41) is 3.52. The summed E-state index contributed by atoms with van der Waals surface area (Å²) < 4.78 is -3.56. The quantitative estimate of drug-likeness (QED) is 0.0558. The third kappa shape index (κ3) is 14.5. The maximum absolute atomic E-state index is 6.34. The zero-order valence-electron chi connectivity index (χ0n) is 24.1. The first kappa shape index (κ1) is 37.0. The lowest BCUT2D eigenvalue weighted by Gasteiger charge is -2.22. The lowest BCUT2D eigenvalue weighted by atomic mass is 10.2. The van der Waals surface area contributed by atoms with Crippen LogP contribution in [0.25, 0.3) is 0 Å². The predicted octanol–water partition coefficient (Wildman–Crippen LogP) is 12.9. The van der Waals surface area contributed by atoms with Gasteiger partial charge in [0.1, 0.15) is 7.29 Å². The smallest absolute Gasteiger partial charge is 0.111 e. The van der Waals surface area contributed by atoms with E-state index in [9.17, 15) is 0 Å². The number of benzene rings is 4. The summed E-state index contributed by atoms with van der Waals surface area (Å²) in [6.07, 6.45) is 0.827. The zero-order chi connectivity index (χ0) is 30.9. The van der Waals surface area contributed by atoms with E-state index in [0.29, 0.717) is 0 Å². The van der Waals surface area contributed by atoms with Gasteiger partial charge in [-0.3, -0.25) is 0 Å². The van der Waals surface area contributed by atoms with Crippen LogP contribution in [-0.4, -0.2) is 16.6 Å². The fourth-order valence-electron chi connectivity index (χ4n) is 3.67. The summed E-state index contributed by atoms with van der Waals surface area (Å²) in [6.45, 7) is 0. The highest BCUT2D eigenvalue weighted by Gasteiger charge is 2.22. The lowest BCUT2D eigenvalue weighted by molar-refractivity contribution is 1.10. The Morgan fingerprint density at radius 3 is 1.14 bits per heavy atom. The Labute approximate surface area is 303 Å². The van der Waals surface area contributed by atoms with E-state index < -0.39 is 7.29 Å². The van der Waals surface area contributed by atoms with Gasteiger partial charge in [-0.2, -0.15) is 0 Å². The van der Waals surface area contributed by atoms with Gasteiger partial charge >= 0.3 is 0 Å². The van der Waals surface area contributed by atoms with Gasteiger partial charge in [0.15, 0.2) is 0 Å². The van der Waals surface area contributed by atoms with Crippen LogP contribution in [0.1, 0.15) is 28.7 Å². The highest BCUT2D eigenvalue weighted by atomic mass is 33.5. The van der Waals surface area contributed by atoms with Crippen LogP contribution in [0.2, 0.25) is 0 Å². The Morgan fingerprint density at radius 1 is 0.477 bits per heavy atom. The van der Waals surface area contributed by atoms with Crippen LogP contribution in [0.15, 0.2) is 121 Å². The number of thiocarbonyl (C=S) groups is 1. The molecule has 0 heterocycles. The van der Waals surface area contributed by atoms with Crippen molar-refractivity contribution in [3.05, 3.63) is 144 Å². The van der Waals surface area contributed by atoms with Crippen molar-refractivity contribution < 1.29 is 0 Å². The number of rotatable bonds is 19. The van der Waals surface area contributed by atoms with E-state index in [1.54, 1.807) is 0 Å². The monoisotopic (exact) mass is 783 g/mol. The molecule has 0 saturated heterocycles. The third-order valence-corrected chi connectivity index (χ3v) is 36.0. The summed E-state index contributed by atoms with van der Waals surface area (Å²) in [5.41, 5.74) is 5.29. The van der Waals surface area contributed by atoms with Crippen LogP contribution in [0.5, 0.6) is 0 Å². The first-order valence-corrected chi connectivity index (χ1v) is 29.5. The van der Waals surface area contributed by atoms with E-state index in [1.807, 2.05) is 68.3 Å². The first-order chi connectivity index (χ1) is 21.4. The minimum atomic E-state index is -1.80. The number of nitrogens with one attached hydrogen (secondary N) is 1. The van der Waals surface area contributed by atoms with Crippen molar-refractivity contribution in [2.75, 3.05) is 11.6 Å². The zero-order valence-corrected chi connectivity index (χ0v) is 33.2. The molecule has 0 fully saturated rings. The van der Waals surface area contributed by atoms with Gasteiger partial charge in [-0.1, -0.05) is 214 Å². The van der Waals surface area contributed by atoms with E-state index in [0.717, 1.165) is 46.1 Å². The summed E-state index contributed by atoms with van der Waals surface area (Å²) >= 11 is 30.0. The lowest BCUT2D eigenvalue weighted by Crippen LogP contribution is -2.20. The molecule has 0 bridgehead atoms. The van der Waals surface area contributed by atoms with Gasteiger partial charge in [0.25, 0.3) is 0 Å². The number of hydrogen-bond acceptors (Lipinski definition) is 9. The molecule has 4 aromatic rings. The SMILES string of the molecule is S=C(CCSP(=S)(SCc1ccccc1)SCc1ccccc1)NCSP(=S)(SCc1ccccc1)SCc1ccccc1. The average molecular weight is 784 g/mol. The van der Waals surface area contributed by atoms with Crippen molar-refractivity contribution in [1.82, 2.24) is 5.32 Å². The molecule has 0 radical (unpaired) electrons. The van der Waals surface area contributed by atoms with Crippen LogP contribution in [0.4, 0.5) is 0 Å². The molecular weight excluding hydrogens is 749 g/mol. The minimum Gasteiger partial charge on any atom is -0.370 e. The summed E-state index contributed by atoms with van der Waals surface area (Å²) in [5.74, 6) is 5.41. The average Bonchev–Trinajstić information content (AvgIpc) is 3.07. The Bertz CT molecular complexity index is 1290. The van der Waals surface area contributed by atoms with Crippen molar-refractivity contribution in [1.29, 1.82) is 0 Å². The molecule has 0 saturated carbocycles. The highest BCUT2D eigenvalue weighted by molar-refractivity contribution is 9.23. The molecule has 44 heavy (non-hydrogen) atoms. The second-order valence-electron chi connectivity index (χ2n) is 9.39. The van der Waals surface area contributed by atoms with Crippen molar-refractivity contribution >= 4 is 116 Å². The van der Waals surface area contributed by atoms with Crippen LogP contribution in [-0.2, 0) is 46.6 Å². The Balaban J connectivity index is 1.27. The molecule has 1 N–H and O–H groups in total. The highest BCUT2D eigenvalue weighted by Crippen LogP contribution is 2.80. The molecular formula is C32H35NP2S9. The van der Waals surface area contributed by atoms with Crippen molar-refractivity contribution in [3.8, 4) is 0 Å². The fourth-order valence-corrected chi connectivity index (χ4v) is 27.2. The molecule has 232 valence electrons. The molecule has 0 unspecified atom stereocenters. The summed E-state index contributed by atoms with van der Waals surface area (Å²) in [6, 6.07) is 42.6. The van der Waals surface area contributed by atoms with Crippen molar-refractivity contribution in [2.45, 2.75) is 29.4 Å². The Kier molecular flexibility index (Phi) is 17.3. The Morgan fingerprint density at radius 2 is 0.795 bits per heavy atom. The Hall–Kier alpha value is 0.170. The van der Waals surface area contributed by atoms with Gasteiger partial charge in [-0.25, -0.2) is 0 Å². The predicted molar refractivity (Wildman–Crippen MR) is 225 cm³/mol. The molecule has 0 amide bonds. The van der Waals surface area contributed by atoms with Crippen molar-refractivity contribution in [2.24, 2.45) is 0 Å². The second kappa shape index (κ2) is 20.5. The van der Waals surface area contributed by atoms with Crippen LogP contribution in [0.3, 0.4) is 0 Å². The van der Waals surface area contributed by atoms with E-state index in [-0.39, 0.29) is 0 Å². The van der Waals surface area contributed by atoms with Crippen LogP contribution in [0, 0.1) is 0 Å². The molecule has 0 aliphatic rings. The van der Waals surface area contributed by atoms with Crippen LogP contribution >= 0.6 is 87.8 Å². The molecule has 0 atom stereocenters. The standard InChI is InChI=1S/C32H35NP2S9/c36-32(21-22-39-34(37,40-23-28-13-5-1-6-14-28)41-24-29-15-7-2-8-16-29)33-27-44-35(38,42-25-30-17-9-3-10-18-30)43-26-31-19-11-4-12-20-31/h1-20H,21-27H2,(H,33,36). The van der Waals surface area contributed by atoms with Gasteiger partial charge in [0, 0.05) is 35.2 Å².